The fourth-order valence-electron chi connectivity index (χ4n) is 6.74. The Morgan fingerprint density at radius 2 is 1.51 bits per heavy atom. The number of phenols is 1. The summed E-state index contributed by atoms with van der Waals surface area (Å²) in [5.74, 6) is -0.0448. The van der Waals surface area contributed by atoms with Crippen molar-refractivity contribution in [2.45, 2.75) is 56.1 Å². The number of benzene rings is 2. The number of imide groups is 1. The number of carbonyl (C=O) groups is 4. The minimum atomic E-state index is -0.835. The second-order valence-electron chi connectivity index (χ2n) is 12.2. The van der Waals surface area contributed by atoms with Crippen molar-refractivity contribution >= 4 is 55.7 Å². The van der Waals surface area contributed by atoms with Gasteiger partial charge < -0.3 is 25.5 Å². The van der Waals surface area contributed by atoms with E-state index in [1.54, 1.807) is 29.4 Å². The second kappa shape index (κ2) is 14.4. The molecule has 246 valence electrons. The van der Waals surface area contributed by atoms with Crippen molar-refractivity contribution < 1.29 is 24.3 Å². The van der Waals surface area contributed by atoms with Gasteiger partial charge in [-0.1, -0.05) is 30.3 Å². The number of hydrogen-bond donors (Lipinski definition) is 3. The quantitative estimate of drug-likeness (QED) is 0.287. The number of urea groups is 2. The maximum Gasteiger partial charge on any atom is 0.325 e. The number of nitrogens with zero attached hydrogens (tertiary/aromatic N) is 4. The molecule has 3 fully saturated rings. The van der Waals surface area contributed by atoms with Gasteiger partial charge in [-0.3, -0.25) is 19.5 Å². The average molecular weight is 769 g/mol. The molecule has 0 radical (unpaired) electrons. The standard InChI is InChI=1S/C34H36Br2N6O5/c35-26-18-21(19-27(36)30(26)43)20-28(31(44)40-14-8-23(9-15-40)22-6-12-37-13-7-22)38-33(46)41-16-10-25(11-17-41)42-32(45)29(39-34(42)47)24-4-2-1-3-5-24/h1-7,12-13,18-19,23,25,28-29,43H,8-11,14-17,20H2,(H,38,46)(H,39,47)/t28-,29?/m0/s1. The summed E-state index contributed by atoms with van der Waals surface area (Å²) in [7, 11) is 0. The lowest BCUT2D eigenvalue weighted by molar-refractivity contribution is -0.134. The molecule has 0 spiro atoms. The third-order valence-corrected chi connectivity index (χ3v) is 10.5. The Kier molecular flexibility index (Phi) is 10.1. The number of amides is 6. The molecule has 11 nitrogen and oxygen atoms in total. The lowest BCUT2D eigenvalue weighted by atomic mass is 9.89. The van der Waals surface area contributed by atoms with Crippen molar-refractivity contribution in [2.75, 3.05) is 26.2 Å². The lowest BCUT2D eigenvalue weighted by Crippen LogP contribution is -2.56. The SMILES string of the molecule is O=C(N[C@@H](Cc1cc(Br)c(O)c(Br)c1)C(=O)N1CCC(c2ccncc2)CC1)N1CCC(N2C(=O)NC(c3ccccc3)C2=O)CC1. The van der Waals surface area contributed by atoms with Crippen LogP contribution in [0.1, 0.15) is 54.3 Å². The molecule has 13 heteroatoms. The van der Waals surface area contributed by atoms with Crippen molar-refractivity contribution in [3.05, 3.63) is 92.6 Å². The third-order valence-electron chi connectivity index (χ3n) is 9.32. The van der Waals surface area contributed by atoms with Crippen molar-refractivity contribution in [2.24, 2.45) is 0 Å². The van der Waals surface area contributed by atoms with Gasteiger partial charge in [0.15, 0.2) is 0 Å². The van der Waals surface area contributed by atoms with Gasteiger partial charge in [0.25, 0.3) is 5.91 Å². The summed E-state index contributed by atoms with van der Waals surface area (Å²) in [5.41, 5.74) is 2.70. The first-order valence-electron chi connectivity index (χ1n) is 15.8. The molecule has 6 amide bonds. The summed E-state index contributed by atoms with van der Waals surface area (Å²) in [6.07, 6.45) is 6.30. The number of halogens is 2. The Hall–Kier alpha value is -3.97. The molecular weight excluding hydrogens is 732 g/mol. The highest BCUT2D eigenvalue weighted by molar-refractivity contribution is 9.11. The third kappa shape index (κ3) is 7.30. The van der Waals surface area contributed by atoms with E-state index in [1.165, 1.54) is 10.5 Å². The molecule has 0 aliphatic carbocycles. The molecule has 3 N–H and O–H groups in total. The minimum Gasteiger partial charge on any atom is -0.506 e. The van der Waals surface area contributed by atoms with Crippen LogP contribution in [0.5, 0.6) is 5.75 Å². The Labute approximate surface area is 290 Å². The lowest BCUT2D eigenvalue weighted by Gasteiger charge is -2.37. The van der Waals surface area contributed by atoms with E-state index in [0.717, 1.165) is 24.0 Å². The molecule has 3 aromatic rings. The van der Waals surface area contributed by atoms with Crippen molar-refractivity contribution in [1.29, 1.82) is 0 Å². The van der Waals surface area contributed by atoms with E-state index in [9.17, 15) is 24.3 Å². The van der Waals surface area contributed by atoms with E-state index in [1.807, 2.05) is 47.4 Å². The highest BCUT2D eigenvalue weighted by Crippen LogP contribution is 2.34. The zero-order valence-corrected chi connectivity index (χ0v) is 28.8. The van der Waals surface area contributed by atoms with Crippen LogP contribution in [-0.4, -0.2) is 86.9 Å². The summed E-state index contributed by atoms with van der Waals surface area (Å²) in [5, 5.41) is 16.0. The largest absolute Gasteiger partial charge is 0.506 e. The molecule has 1 unspecified atom stereocenters. The zero-order chi connectivity index (χ0) is 33.1. The number of hydrogen-bond acceptors (Lipinski definition) is 6. The number of phenolic OH excluding ortho intramolecular Hbond substituents is 1. The van der Waals surface area contributed by atoms with E-state index in [4.69, 9.17) is 0 Å². The number of nitrogens with one attached hydrogen (secondary N) is 2. The monoisotopic (exact) mass is 766 g/mol. The number of pyridine rings is 1. The van der Waals surface area contributed by atoms with Gasteiger partial charge in [-0.05, 0) is 104 Å². The highest BCUT2D eigenvalue weighted by Gasteiger charge is 2.44. The maximum absolute atomic E-state index is 14.0. The van der Waals surface area contributed by atoms with Crippen LogP contribution in [-0.2, 0) is 16.0 Å². The van der Waals surface area contributed by atoms with Crippen LogP contribution < -0.4 is 10.6 Å². The van der Waals surface area contributed by atoms with Gasteiger partial charge in [-0.15, -0.1) is 0 Å². The van der Waals surface area contributed by atoms with Gasteiger partial charge in [0, 0.05) is 51.0 Å². The van der Waals surface area contributed by atoms with Crippen LogP contribution in [0.2, 0.25) is 0 Å². The maximum atomic E-state index is 14.0. The van der Waals surface area contributed by atoms with Crippen LogP contribution in [0.4, 0.5) is 9.59 Å². The highest BCUT2D eigenvalue weighted by atomic mass is 79.9. The molecule has 4 heterocycles. The fourth-order valence-corrected chi connectivity index (χ4v) is 8.02. The number of likely N-dealkylation sites (tertiary alicyclic amines) is 2. The van der Waals surface area contributed by atoms with Gasteiger partial charge >= 0.3 is 12.1 Å². The van der Waals surface area contributed by atoms with Gasteiger partial charge in [-0.25, -0.2) is 9.59 Å². The van der Waals surface area contributed by atoms with Gasteiger partial charge in [0.1, 0.15) is 17.8 Å². The first kappa shape index (κ1) is 33.0. The van der Waals surface area contributed by atoms with Crippen LogP contribution in [0.15, 0.2) is 75.9 Å². The average Bonchev–Trinajstić information content (AvgIpc) is 3.40. The van der Waals surface area contributed by atoms with Crippen LogP contribution in [0.3, 0.4) is 0 Å². The molecule has 2 aromatic carbocycles. The topological polar surface area (TPSA) is 135 Å². The van der Waals surface area contributed by atoms with E-state index in [-0.39, 0.29) is 36.1 Å². The summed E-state index contributed by atoms with van der Waals surface area (Å²) < 4.78 is 0.962. The van der Waals surface area contributed by atoms with E-state index in [0.29, 0.717) is 53.9 Å². The molecule has 6 rings (SSSR count). The van der Waals surface area contributed by atoms with Crippen LogP contribution >= 0.6 is 31.9 Å². The Morgan fingerprint density at radius 3 is 2.15 bits per heavy atom. The van der Waals surface area contributed by atoms with E-state index in [2.05, 4.69) is 47.5 Å². The molecule has 47 heavy (non-hydrogen) atoms. The normalized spacial score (nSPS) is 19.9. The second-order valence-corrected chi connectivity index (χ2v) is 13.9. The molecule has 3 aliphatic rings. The smallest absolute Gasteiger partial charge is 0.325 e. The van der Waals surface area contributed by atoms with Crippen LogP contribution in [0, 0.1) is 0 Å². The molecule has 2 atom stereocenters. The number of rotatable bonds is 7. The molecule has 0 saturated carbocycles. The Bertz CT molecular complexity index is 1610. The Balaban J connectivity index is 1.11. The molecule has 1 aromatic heterocycles. The number of carbonyl (C=O) groups excluding carboxylic acids is 4. The van der Waals surface area contributed by atoms with Crippen molar-refractivity contribution in [1.82, 2.24) is 30.3 Å². The summed E-state index contributed by atoms with van der Waals surface area (Å²) in [6, 6.07) is 14.0. The summed E-state index contributed by atoms with van der Waals surface area (Å²) >= 11 is 6.74. The van der Waals surface area contributed by atoms with E-state index >= 15 is 0 Å². The van der Waals surface area contributed by atoms with E-state index < -0.39 is 18.1 Å². The van der Waals surface area contributed by atoms with Crippen molar-refractivity contribution in [3.63, 3.8) is 0 Å². The summed E-state index contributed by atoms with van der Waals surface area (Å²) in [4.78, 5) is 62.5. The molecule has 3 saturated heterocycles. The fraction of sp³-hybridized carbons (Fsp3) is 0.382. The number of piperidine rings is 2. The zero-order valence-electron chi connectivity index (χ0n) is 25.6. The molecule has 3 aliphatic heterocycles. The summed E-state index contributed by atoms with van der Waals surface area (Å²) in [6.45, 7) is 1.81. The van der Waals surface area contributed by atoms with Gasteiger partial charge in [0.2, 0.25) is 5.91 Å². The first-order valence-corrected chi connectivity index (χ1v) is 17.4. The first-order chi connectivity index (χ1) is 22.7. The van der Waals surface area contributed by atoms with Gasteiger partial charge in [-0.2, -0.15) is 0 Å². The van der Waals surface area contributed by atoms with Crippen molar-refractivity contribution in [3.8, 4) is 5.75 Å². The molecule has 0 bridgehead atoms. The Morgan fingerprint density at radius 1 is 0.894 bits per heavy atom. The minimum absolute atomic E-state index is 0.0574. The number of aromatic nitrogens is 1. The van der Waals surface area contributed by atoms with Gasteiger partial charge in [0.05, 0.1) is 8.95 Å². The predicted octanol–water partition coefficient (Wildman–Crippen LogP) is 5.10. The van der Waals surface area contributed by atoms with Crippen LogP contribution in [0.25, 0.3) is 0 Å². The predicted molar refractivity (Wildman–Crippen MR) is 181 cm³/mol. The molecular formula is C34H36Br2N6O5. The number of aromatic hydroxyl groups is 1.